The Morgan fingerprint density at radius 1 is 1.09 bits per heavy atom. The molecule has 1 aromatic rings. The van der Waals surface area contributed by atoms with Crippen molar-refractivity contribution in [1.82, 2.24) is 9.80 Å². The first kappa shape index (κ1) is 16.0. The van der Waals surface area contributed by atoms with Crippen LogP contribution in [0.4, 0.5) is 0 Å². The zero-order chi connectivity index (χ0) is 16.2. The standard InChI is InChI=1S/C18H24N2O3/c1-19-15(21)13-23-17(16(19)14-9-5-4-6-10-14)18(22)20-11-7-2-3-8-12-20/h4-6,9-10,16-17H,2-3,7-8,11-13H2,1H3/t16-,17-/m1/s1. The summed E-state index contributed by atoms with van der Waals surface area (Å²) in [7, 11) is 1.76. The lowest BCUT2D eigenvalue weighted by atomic mass is 9.97. The van der Waals surface area contributed by atoms with Crippen LogP contribution in [-0.2, 0) is 14.3 Å². The summed E-state index contributed by atoms with van der Waals surface area (Å²) in [5, 5.41) is 0. The van der Waals surface area contributed by atoms with Gasteiger partial charge >= 0.3 is 0 Å². The maximum Gasteiger partial charge on any atom is 0.254 e. The molecular weight excluding hydrogens is 292 g/mol. The number of likely N-dealkylation sites (tertiary alicyclic amines) is 1. The van der Waals surface area contributed by atoms with E-state index < -0.39 is 6.10 Å². The Labute approximate surface area is 137 Å². The molecular formula is C18H24N2O3. The van der Waals surface area contributed by atoms with Crippen molar-refractivity contribution in [3.8, 4) is 0 Å². The first-order valence-electron chi connectivity index (χ1n) is 8.39. The van der Waals surface area contributed by atoms with E-state index >= 15 is 0 Å². The van der Waals surface area contributed by atoms with E-state index in [0.717, 1.165) is 31.5 Å². The molecule has 2 atom stereocenters. The van der Waals surface area contributed by atoms with Gasteiger partial charge in [-0.2, -0.15) is 0 Å². The van der Waals surface area contributed by atoms with Gasteiger partial charge in [0.2, 0.25) is 5.91 Å². The second kappa shape index (κ2) is 7.13. The number of carbonyl (C=O) groups excluding carboxylic acids is 2. The molecule has 0 spiro atoms. The molecule has 0 radical (unpaired) electrons. The van der Waals surface area contributed by atoms with Crippen LogP contribution in [0, 0.1) is 0 Å². The van der Waals surface area contributed by atoms with Crippen LogP contribution in [-0.4, -0.2) is 54.5 Å². The lowest BCUT2D eigenvalue weighted by Gasteiger charge is -2.40. The smallest absolute Gasteiger partial charge is 0.254 e. The van der Waals surface area contributed by atoms with Crippen molar-refractivity contribution in [3.05, 3.63) is 35.9 Å². The molecule has 0 aliphatic carbocycles. The zero-order valence-electron chi connectivity index (χ0n) is 13.6. The number of likely N-dealkylation sites (N-methyl/N-ethyl adjacent to an activating group) is 1. The summed E-state index contributed by atoms with van der Waals surface area (Å²) in [5.74, 6) is -0.0705. The van der Waals surface area contributed by atoms with E-state index in [1.807, 2.05) is 35.2 Å². The monoisotopic (exact) mass is 316 g/mol. The highest BCUT2D eigenvalue weighted by atomic mass is 16.5. The molecule has 5 nitrogen and oxygen atoms in total. The van der Waals surface area contributed by atoms with E-state index in [4.69, 9.17) is 4.74 Å². The number of ether oxygens (including phenoxy) is 1. The molecule has 0 saturated carbocycles. The summed E-state index contributed by atoms with van der Waals surface area (Å²) in [6, 6.07) is 9.33. The minimum atomic E-state index is -0.613. The summed E-state index contributed by atoms with van der Waals surface area (Å²) in [6.07, 6.45) is 3.83. The van der Waals surface area contributed by atoms with E-state index in [-0.39, 0.29) is 24.5 Å². The summed E-state index contributed by atoms with van der Waals surface area (Å²) >= 11 is 0. The van der Waals surface area contributed by atoms with Crippen molar-refractivity contribution in [2.45, 2.75) is 37.8 Å². The number of hydrogen-bond acceptors (Lipinski definition) is 3. The van der Waals surface area contributed by atoms with Gasteiger partial charge in [0.15, 0.2) is 6.10 Å². The predicted octanol–water partition coefficient (Wildman–Crippen LogP) is 1.99. The first-order chi connectivity index (χ1) is 11.2. The number of amides is 2. The first-order valence-corrected chi connectivity index (χ1v) is 8.39. The van der Waals surface area contributed by atoms with Crippen molar-refractivity contribution >= 4 is 11.8 Å². The Morgan fingerprint density at radius 2 is 1.74 bits per heavy atom. The summed E-state index contributed by atoms with van der Waals surface area (Å²) in [6.45, 7) is 1.56. The summed E-state index contributed by atoms with van der Waals surface area (Å²) in [5.41, 5.74) is 0.941. The average Bonchev–Trinajstić information content (AvgIpc) is 2.86. The van der Waals surface area contributed by atoms with Gasteiger partial charge in [0.25, 0.3) is 5.91 Å². The number of benzene rings is 1. The molecule has 2 saturated heterocycles. The number of nitrogens with zero attached hydrogens (tertiary/aromatic N) is 2. The number of carbonyl (C=O) groups is 2. The third-order valence-corrected chi connectivity index (χ3v) is 4.79. The molecule has 2 heterocycles. The Bertz CT molecular complexity index is 553. The molecule has 124 valence electrons. The van der Waals surface area contributed by atoms with Crippen molar-refractivity contribution in [1.29, 1.82) is 0 Å². The second-order valence-corrected chi connectivity index (χ2v) is 6.33. The van der Waals surface area contributed by atoms with Crippen LogP contribution in [0.5, 0.6) is 0 Å². The van der Waals surface area contributed by atoms with Crippen molar-refractivity contribution < 1.29 is 14.3 Å². The maximum atomic E-state index is 13.0. The lowest BCUT2D eigenvalue weighted by molar-refractivity contribution is -0.167. The highest BCUT2D eigenvalue weighted by Crippen LogP contribution is 2.30. The Hall–Kier alpha value is -1.88. The molecule has 0 aromatic heterocycles. The van der Waals surface area contributed by atoms with Gasteiger partial charge in [-0.15, -0.1) is 0 Å². The highest BCUT2D eigenvalue weighted by molar-refractivity contribution is 5.86. The van der Waals surface area contributed by atoms with Gasteiger partial charge in [0.05, 0.1) is 6.04 Å². The van der Waals surface area contributed by atoms with E-state index in [2.05, 4.69) is 0 Å². The minimum Gasteiger partial charge on any atom is -0.356 e. The number of hydrogen-bond donors (Lipinski definition) is 0. The Morgan fingerprint density at radius 3 is 2.39 bits per heavy atom. The van der Waals surface area contributed by atoms with Gasteiger partial charge in [0.1, 0.15) is 6.61 Å². The third kappa shape index (κ3) is 3.39. The highest BCUT2D eigenvalue weighted by Gasteiger charge is 2.41. The van der Waals surface area contributed by atoms with Gasteiger partial charge in [-0.05, 0) is 18.4 Å². The van der Waals surface area contributed by atoms with Crippen LogP contribution in [0.1, 0.15) is 37.3 Å². The van der Waals surface area contributed by atoms with Crippen molar-refractivity contribution in [3.63, 3.8) is 0 Å². The molecule has 3 rings (SSSR count). The molecule has 1 aromatic carbocycles. The molecule has 2 fully saturated rings. The number of morpholine rings is 1. The van der Waals surface area contributed by atoms with Crippen LogP contribution >= 0.6 is 0 Å². The fraction of sp³-hybridized carbons (Fsp3) is 0.556. The number of rotatable bonds is 2. The third-order valence-electron chi connectivity index (χ3n) is 4.79. The summed E-state index contributed by atoms with van der Waals surface area (Å²) < 4.78 is 5.70. The molecule has 0 N–H and O–H groups in total. The molecule has 5 heteroatoms. The van der Waals surface area contributed by atoms with E-state index in [9.17, 15) is 9.59 Å². The van der Waals surface area contributed by atoms with Gasteiger partial charge in [-0.3, -0.25) is 9.59 Å². The molecule has 0 bridgehead atoms. The zero-order valence-corrected chi connectivity index (χ0v) is 13.6. The largest absolute Gasteiger partial charge is 0.356 e. The van der Waals surface area contributed by atoms with Gasteiger partial charge in [-0.1, -0.05) is 43.2 Å². The SMILES string of the molecule is CN1C(=O)CO[C@@H](C(=O)N2CCCCCC2)[C@H]1c1ccccc1. The van der Waals surface area contributed by atoms with Crippen LogP contribution in [0.3, 0.4) is 0 Å². The van der Waals surface area contributed by atoms with Crippen molar-refractivity contribution in [2.24, 2.45) is 0 Å². The molecule has 2 aliphatic heterocycles. The fourth-order valence-corrected chi connectivity index (χ4v) is 3.44. The van der Waals surface area contributed by atoms with E-state index in [1.54, 1.807) is 11.9 Å². The Kier molecular flexibility index (Phi) is 4.96. The molecule has 2 amide bonds. The van der Waals surface area contributed by atoms with E-state index in [0.29, 0.717) is 0 Å². The summed E-state index contributed by atoms with van der Waals surface area (Å²) in [4.78, 5) is 28.6. The lowest BCUT2D eigenvalue weighted by Crippen LogP contribution is -2.54. The molecule has 0 unspecified atom stereocenters. The fourth-order valence-electron chi connectivity index (χ4n) is 3.44. The van der Waals surface area contributed by atoms with Crippen molar-refractivity contribution in [2.75, 3.05) is 26.7 Å². The average molecular weight is 316 g/mol. The second-order valence-electron chi connectivity index (χ2n) is 6.33. The Balaban J connectivity index is 1.85. The minimum absolute atomic E-state index is 0.0140. The van der Waals surface area contributed by atoms with E-state index in [1.165, 1.54) is 12.8 Å². The van der Waals surface area contributed by atoms with Crippen LogP contribution in [0.25, 0.3) is 0 Å². The van der Waals surface area contributed by atoms with Crippen LogP contribution in [0.2, 0.25) is 0 Å². The topological polar surface area (TPSA) is 49.9 Å². The van der Waals surface area contributed by atoms with Gasteiger partial charge in [-0.25, -0.2) is 0 Å². The molecule has 2 aliphatic rings. The van der Waals surface area contributed by atoms with Crippen LogP contribution in [0.15, 0.2) is 30.3 Å². The predicted molar refractivity (Wildman–Crippen MR) is 86.7 cm³/mol. The normalized spacial score (nSPS) is 26.0. The van der Waals surface area contributed by atoms with Gasteiger partial charge < -0.3 is 14.5 Å². The maximum absolute atomic E-state index is 13.0. The van der Waals surface area contributed by atoms with Gasteiger partial charge in [0, 0.05) is 20.1 Å². The van der Waals surface area contributed by atoms with Crippen LogP contribution < -0.4 is 0 Å². The molecule has 23 heavy (non-hydrogen) atoms. The quantitative estimate of drug-likeness (QED) is 0.838.